The number of ketones is 2. The third-order valence-electron chi connectivity index (χ3n) is 0.714. The second-order valence-corrected chi connectivity index (χ2v) is 1.33. The van der Waals surface area contributed by atoms with Gasteiger partial charge in [0.15, 0.2) is 11.6 Å². The molecule has 0 fully saturated rings. The van der Waals surface area contributed by atoms with Gasteiger partial charge in [-0.25, -0.2) is 0 Å². The van der Waals surface area contributed by atoms with Gasteiger partial charge < -0.3 is 4.79 Å². The molecule has 0 aliphatic heterocycles. The Morgan fingerprint density at radius 2 is 1.67 bits per heavy atom. The van der Waals surface area contributed by atoms with Crippen LogP contribution in [0.25, 0.3) is 0 Å². The topological polar surface area (TPSA) is 51.2 Å². The molecule has 0 aliphatic carbocycles. The third kappa shape index (κ3) is 7.01. The first-order valence-corrected chi connectivity index (χ1v) is 2.51. The third-order valence-corrected chi connectivity index (χ3v) is 0.714. The van der Waals surface area contributed by atoms with Gasteiger partial charge in [-0.2, -0.15) is 0 Å². The number of Topliss-reactive ketones (excluding diaryl/α,β-unsaturated/α-hetero) is 2. The molecule has 3 nitrogen and oxygen atoms in total. The second kappa shape index (κ2) is 7.01. The van der Waals surface area contributed by atoms with Crippen molar-refractivity contribution < 1.29 is 14.4 Å². The van der Waals surface area contributed by atoms with E-state index in [-0.39, 0.29) is 11.6 Å². The Morgan fingerprint density at radius 3 is 1.67 bits per heavy atom. The molecule has 0 N–H and O–H groups in total. The molecule has 0 aromatic rings. The highest BCUT2D eigenvalue weighted by molar-refractivity contribution is 6.36. The van der Waals surface area contributed by atoms with Crippen molar-refractivity contribution in [3.63, 3.8) is 0 Å². The van der Waals surface area contributed by atoms with Gasteiger partial charge in [-0.15, -0.1) is 0 Å². The average Bonchev–Trinajstić information content (AvgIpc) is 1.91. The Morgan fingerprint density at radius 1 is 1.33 bits per heavy atom. The van der Waals surface area contributed by atoms with Gasteiger partial charge in [0, 0.05) is 13.3 Å². The molecule has 0 aromatic carbocycles. The van der Waals surface area contributed by atoms with Crippen molar-refractivity contribution in [2.75, 3.05) is 0 Å². The summed E-state index contributed by atoms with van der Waals surface area (Å²) in [7, 11) is 0. The molecule has 0 amide bonds. The molecule has 0 rings (SSSR count). The van der Waals surface area contributed by atoms with E-state index in [1.807, 2.05) is 6.79 Å². The number of rotatable bonds is 2. The van der Waals surface area contributed by atoms with Gasteiger partial charge in [0.05, 0.1) is 0 Å². The van der Waals surface area contributed by atoms with Crippen molar-refractivity contribution in [3.8, 4) is 0 Å². The number of carbonyl (C=O) groups is 3. The summed E-state index contributed by atoms with van der Waals surface area (Å²) in [4.78, 5) is 28.2. The molecule has 0 aliphatic rings. The average molecular weight is 130 g/mol. The SMILES string of the molecule is C=O.CCC(=O)C(C)=O. The van der Waals surface area contributed by atoms with E-state index in [1.165, 1.54) is 6.92 Å². The van der Waals surface area contributed by atoms with Gasteiger partial charge in [0.1, 0.15) is 6.79 Å². The molecule has 0 spiro atoms. The lowest BCUT2D eigenvalue weighted by molar-refractivity contribution is -0.135. The van der Waals surface area contributed by atoms with E-state index in [0.29, 0.717) is 6.42 Å². The van der Waals surface area contributed by atoms with Gasteiger partial charge in [0.2, 0.25) is 0 Å². The van der Waals surface area contributed by atoms with Crippen LogP contribution in [0.4, 0.5) is 0 Å². The highest BCUT2D eigenvalue weighted by atomic mass is 16.2. The standard InChI is InChI=1S/C5H8O2.CH2O/c1-3-5(7)4(2)6;1-2/h3H2,1-2H3;1H2. The van der Waals surface area contributed by atoms with Crippen LogP contribution >= 0.6 is 0 Å². The van der Waals surface area contributed by atoms with E-state index >= 15 is 0 Å². The van der Waals surface area contributed by atoms with Crippen LogP contribution in [0.1, 0.15) is 20.3 Å². The smallest absolute Gasteiger partial charge is 0.197 e. The maximum Gasteiger partial charge on any atom is 0.197 e. The largest absolute Gasteiger partial charge is 0.307 e. The Labute approximate surface area is 54.1 Å². The number of carbonyl (C=O) groups excluding carboxylic acids is 3. The van der Waals surface area contributed by atoms with Gasteiger partial charge in [-0.3, -0.25) is 9.59 Å². The Kier molecular flexibility index (Phi) is 8.49. The minimum Gasteiger partial charge on any atom is -0.307 e. The van der Waals surface area contributed by atoms with Crippen molar-refractivity contribution in [2.24, 2.45) is 0 Å². The predicted molar refractivity (Wildman–Crippen MR) is 33.1 cm³/mol. The minimum atomic E-state index is -0.345. The summed E-state index contributed by atoms with van der Waals surface area (Å²) in [5, 5.41) is 0. The molecule has 3 heteroatoms. The van der Waals surface area contributed by atoms with Crippen LogP contribution < -0.4 is 0 Å². The lowest BCUT2D eigenvalue weighted by Crippen LogP contribution is -2.06. The highest BCUT2D eigenvalue weighted by Gasteiger charge is 2.00. The Hall–Kier alpha value is -0.990. The lowest BCUT2D eigenvalue weighted by atomic mass is 10.2. The van der Waals surface area contributed by atoms with Crippen molar-refractivity contribution in [3.05, 3.63) is 0 Å². The fraction of sp³-hybridized carbons (Fsp3) is 0.500. The van der Waals surface area contributed by atoms with Crippen LogP contribution in [0.15, 0.2) is 0 Å². The first-order valence-electron chi connectivity index (χ1n) is 2.51. The zero-order valence-corrected chi connectivity index (χ0v) is 5.64. The molecule has 0 bridgehead atoms. The molecule has 0 unspecified atom stereocenters. The summed E-state index contributed by atoms with van der Waals surface area (Å²) < 4.78 is 0. The predicted octanol–water partition coefficient (Wildman–Crippen LogP) is 0.370. The first-order chi connectivity index (χ1) is 4.18. The van der Waals surface area contributed by atoms with Crippen LogP contribution in [0.3, 0.4) is 0 Å². The van der Waals surface area contributed by atoms with E-state index < -0.39 is 0 Å². The summed E-state index contributed by atoms with van der Waals surface area (Å²) in [5.41, 5.74) is 0. The maximum absolute atomic E-state index is 10.2. The summed E-state index contributed by atoms with van der Waals surface area (Å²) in [6.45, 7) is 4.95. The minimum absolute atomic E-state index is 0.292. The van der Waals surface area contributed by atoms with Crippen molar-refractivity contribution in [1.82, 2.24) is 0 Å². The maximum atomic E-state index is 10.2. The fourth-order valence-electron chi connectivity index (χ4n) is 0.249. The van der Waals surface area contributed by atoms with E-state index in [4.69, 9.17) is 4.79 Å². The van der Waals surface area contributed by atoms with E-state index in [1.54, 1.807) is 6.92 Å². The quantitative estimate of drug-likeness (QED) is 0.507. The molecule has 0 saturated carbocycles. The van der Waals surface area contributed by atoms with Crippen LogP contribution in [0, 0.1) is 0 Å². The van der Waals surface area contributed by atoms with Crippen molar-refractivity contribution in [1.29, 1.82) is 0 Å². The Balaban J connectivity index is 0. The van der Waals surface area contributed by atoms with Crippen LogP contribution in [-0.2, 0) is 14.4 Å². The van der Waals surface area contributed by atoms with Gasteiger partial charge in [-0.05, 0) is 0 Å². The molecule has 52 valence electrons. The normalized spacial score (nSPS) is 6.89. The zero-order chi connectivity index (χ0) is 7.86. The Bertz CT molecular complexity index is 107. The van der Waals surface area contributed by atoms with Gasteiger partial charge >= 0.3 is 0 Å². The number of hydrogen-bond acceptors (Lipinski definition) is 3. The lowest BCUT2D eigenvalue weighted by Gasteiger charge is -1.81. The zero-order valence-electron chi connectivity index (χ0n) is 5.64. The van der Waals surface area contributed by atoms with Gasteiger partial charge in [0.25, 0.3) is 0 Å². The van der Waals surface area contributed by atoms with E-state index in [9.17, 15) is 9.59 Å². The van der Waals surface area contributed by atoms with E-state index in [0.717, 1.165) is 0 Å². The number of hydrogen-bond donors (Lipinski definition) is 0. The van der Waals surface area contributed by atoms with Crippen molar-refractivity contribution in [2.45, 2.75) is 20.3 Å². The monoisotopic (exact) mass is 130 g/mol. The molecule has 0 radical (unpaired) electrons. The van der Waals surface area contributed by atoms with Crippen LogP contribution in [-0.4, -0.2) is 18.4 Å². The summed E-state index contributed by atoms with van der Waals surface area (Å²) in [6.07, 6.45) is 0.329. The summed E-state index contributed by atoms with van der Waals surface area (Å²) in [6, 6.07) is 0. The summed E-state index contributed by atoms with van der Waals surface area (Å²) in [5.74, 6) is -0.637. The highest BCUT2D eigenvalue weighted by Crippen LogP contribution is 1.79. The fourth-order valence-corrected chi connectivity index (χ4v) is 0.249. The first kappa shape index (κ1) is 10.9. The molecular formula is C6H10O3. The molecule has 0 saturated heterocycles. The molecular weight excluding hydrogens is 120 g/mol. The van der Waals surface area contributed by atoms with Crippen LogP contribution in [0.5, 0.6) is 0 Å². The molecule has 0 atom stereocenters. The van der Waals surface area contributed by atoms with Gasteiger partial charge in [-0.1, -0.05) is 6.92 Å². The second-order valence-electron chi connectivity index (χ2n) is 1.33. The molecule has 0 heterocycles. The van der Waals surface area contributed by atoms with Crippen LogP contribution in [0.2, 0.25) is 0 Å². The molecule has 0 aromatic heterocycles. The summed E-state index contributed by atoms with van der Waals surface area (Å²) >= 11 is 0. The van der Waals surface area contributed by atoms with Crippen molar-refractivity contribution >= 4 is 18.4 Å². The van der Waals surface area contributed by atoms with E-state index in [2.05, 4.69) is 0 Å². The molecule has 9 heavy (non-hydrogen) atoms.